The minimum atomic E-state index is -3.69. The van der Waals surface area contributed by atoms with Crippen LogP contribution in [0.4, 0.5) is 14.5 Å². The quantitative estimate of drug-likeness (QED) is 0.337. The molecule has 1 amide bonds. The molecule has 2 aromatic carbocycles. The van der Waals surface area contributed by atoms with E-state index >= 15 is 0 Å². The summed E-state index contributed by atoms with van der Waals surface area (Å²) in [5, 5.41) is 4.76. The highest BCUT2D eigenvalue weighted by molar-refractivity contribution is 7.89. The van der Waals surface area contributed by atoms with E-state index < -0.39 is 15.8 Å². The Labute approximate surface area is 252 Å². The van der Waals surface area contributed by atoms with Gasteiger partial charge in [-0.15, -0.1) is 0 Å². The van der Waals surface area contributed by atoms with Gasteiger partial charge in [0.25, 0.3) is 0 Å². The van der Waals surface area contributed by atoms with Gasteiger partial charge in [0.1, 0.15) is 17.5 Å². The monoisotopic (exact) mass is 608 g/mol. The highest BCUT2D eigenvalue weighted by Crippen LogP contribution is 2.32. The third-order valence-electron chi connectivity index (χ3n) is 7.83. The fraction of sp³-hybridized carbons (Fsp3) is 0.333. The van der Waals surface area contributed by atoms with Crippen LogP contribution in [0, 0.1) is 18.7 Å². The summed E-state index contributed by atoms with van der Waals surface area (Å²) in [6, 6.07) is 8.66. The van der Waals surface area contributed by atoms with E-state index in [1.54, 1.807) is 12.3 Å². The first-order valence-electron chi connectivity index (χ1n) is 14.3. The van der Waals surface area contributed by atoms with E-state index in [0.717, 1.165) is 54.2 Å². The Morgan fingerprint density at radius 3 is 2.47 bits per heavy atom. The van der Waals surface area contributed by atoms with Crippen LogP contribution in [-0.2, 0) is 41.3 Å². The number of carbonyl (C=O) groups excluding carboxylic acids is 1. The van der Waals surface area contributed by atoms with Crippen molar-refractivity contribution in [1.82, 2.24) is 9.55 Å². The van der Waals surface area contributed by atoms with Crippen LogP contribution in [0.25, 0.3) is 0 Å². The topological polar surface area (TPSA) is 98.3 Å². The predicted octanol–water partition coefficient (Wildman–Crippen LogP) is 6.38. The molecule has 1 atom stereocenters. The fourth-order valence-electron chi connectivity index (χ4n) is 5.36. The maximum absolute atomic E-state index is 14.0. The first kappa shape index (κ1) is 32.0. The zero-order valence-electron chi connectivity index (χ0n) is 24.8. The summed E-state index contributed by atoms with van der Waals surface area (Å²) in [6.45, 7) is 4.57. The van der Waals surface area contributed by atoms with Crippen molar-refractivity contribution in [3.63, 3.8) is 0 Å². The second-order valence-corrected chi connectivity index (χ2v) is 12.6. The average molecular weight is 609 g/mol. The molecule has 0 aliphatic heterocycles. The van der Waals surface area contributed by atoms with Gasteiger partial charge in [-0.25, -0.2) is 27.3 Å². The number of carbonyl (C=O) groups is 1. The highest BCUT2D eigenvalue weighted by Gasteiger charge is 2.24. The summed E-state index contributed by atoms with van der Waals surface area (Å²) in [5.41, 5.74) is 5.94. The number of benzene rings is 2. The van der Waals surface area contributed by atoms with Crippen LogP contribution in [0.2, 0.25) is 0 Å². The van der Waals surface area contributed by atoms with Crippen LogP contribution in [0.1, 0.15) is 55.1 Å². The molecule has 0 fully saturated rings. The number of nitrogens with zero attached hydrogens (tertiary/aromatic N) is 3. The van der Waals surface area contributed by atoms with E-state index in [4.69, 9.17) is 5.14 Å². The summed E-state index contributed by atoms with van der Waals surface area (Å²) in [7, 11) is -1.74. The van der Waals surface area contributed by atoms with E-state index in [2.05, 4.69) is 24.0 Å². The molecule has 0 spiro atoms. The number of amides is 1. The average Bonchev–Trinajstić information content (AvgIpc) is 3.23. The van der Waals surface area contributed by atoms with Gasteiger partial charge in [0.15, 0.2) is 0 Å². The van der Waals surface area contributed by atoms with E-state index in [1.165, 1.54) is 35.6 Å². The number of sulfonamides is 1. The number of hydrogen-bond acceptors (Lipinski definition) is 4. The second kappa shape index (κ2) is 14.1. The number of halogens is 2. The standard InChI is InChI=1S/C27H32FN3O.C6H6FNO2S/c1-19(21-8-4-6-10-23(28)16-21)15-27(32)31(18-26-29-12-13-30(26)3)24-14-20(2)25-11-7-5-9-22(25)17-24;7-5-1-3-6(4-2-5)11(8,9)10/h4,6,8,10,12-14,17,19H,5,7,9,11,15-16,18H2,1-3H3;1-4H,(H2,8,9,10)/t19-;/m0./s1. The first-order chi connectivity index (χ1) is 20.4. The van der Waals surface area contributed by atoms with E-state index in [-0.39, 0.29) is 29.0 Å². The zero-order valence-corrected chi connectivity index (χ0v) is 25.6. The molecule has 2 aliphatic carbocycles. The molecule has 0 saturated carbocycles. The second-order valence-electron chi connectivity index (χ2n) is 11.1. The maximum atomic E-state index is 14.0. The molecule has 3 aromatic rings. The molecule has 1 aromatic heterocycles. The third kappa shape index (κ3) is 8.58. The number of aryl methyl sites for hydroxylation is 3. The predicted molar refractivity (Wildman–Crippen MR) is 165 cm³/mol. The Balaban J connectivity index is 0.000000324. The Morgan fingerprint density at radius 1 is 1.09 bits per heavy atom. The highest BCUT2D eigenvalue weighted by atomic mass is 32.2. The van der Waals surface area contributed by atoms with Gasteiger partial charge in [-0.3, -0.25) is 4.79 Å². The summed E-state index contributed by atoms with van der Waals surface area (Å²) < 4.78 is 49.4. The molecule has 0 unspecified atom stereocenters. The lowest BCUT2D eigenvalue weighted by molar-refractivity contribution is -0.119. The van der Waals surface area contributed by atoms with Crippen molar-refractivity contribution in [2.75, 3.05) is 4.90 Å². The van der Waals surface area contributed by atoms with Crippen molar-refractivity contribution in [1.29, 1.82) is 0 Å². The van der Waals surface area contributed by atoms with Crippen molar-refractivity contribution in [2.45, 2.75) is 63.8 Å². The van der Waals surface area contributed by atoms with Gasteiger partial charge in [-0.05, 0) is 97.7 Å². The van der Waals surface area contributed by atoms with Gasteiger partial charge >= 0.3 is 0 Å². The molecule has 1 heterocycles. The van der Waals surface area contributed by atoms with Crippen molar-refractivity contribution in [3.05, 3.63) is 113 Å². The summed E-state index contributed by atoms with van der Waals surface area (Å²) in [4.78, 5) is 19.8. The van der Waals surface area contributed by atoms with Gasteiger partial charge in [-0.1, -0.05) is 30.7 Å². The molecule has 0 bridgehead atoms. The summed E-state index contributed by atoms with van der Waals surface area (Å²) >= 11 is 0. The molecule has 2 N–H and O–H groups in total. The number of rotatable bonds is 7. The van der Waals surface area contributed by atoms with Crippen LogP contribution < -0.4 is 10.0 Å². The van der Waals surface area contributed by atoms with Gasteiger partial charge in [0, 0.05) is 38.0 Å². The largest absolute Gasteiger partial charge is 0.337 e. The zero-order chi connectivity index (χ0) is 31.1. The number of allylic oxidation sites excluding steroid dienone is 6. The number of aromatic nitrogens is 2. The van der Waals surface area contributed by atoms with Crippen molar-refractivity contribution < 1.29 is 22.0 Å². The number of hydrogen-bond donors (Lipinski definition) is 1. The molecular formula is C33H38F2N4O3S. The summed E-state index contributed by atoms with van der Waals surface area (Å²) in [5.74, 6) is 0.171. The molecule has 0 saturated heterocycles. The van der Waals surface area contributed by atoms with Gasteiger partial charge in [0.2, 0.25) is 15.9 Å². The minimum absolute atomic E-state index is 0.0363. The SMILES string of the molecule is Cc1cc(N(Cc2nccn2C)C(=O)C[C@H](C)C2=CC=CC=C(F)C2)cc2c1CCCC2.NS(=O)(=O)c1ccc(F)cc1. The smallest absolute Gasteiger partial charge is 0.238 e. The molecule has 5 rings (SSSR count). The van der Waals surface area contributed by atoms with Crippen molar-refractivity contribution >= 4 is 21.6 Å². The van der Waals surface area contributed by atoms with Crippen LogP contribution in [0.3, 0.4) is 0 Å². The third-order valence-corrected chi connectivity index (χ3v) is 8.76. The van der Waals surface area contributed by atoms with E-state index in [0.29, 0.717) is 13.0 Å². The summed E-state index contributed by atoms with van der Waals surface area (Å²) in [6.07, 6.45) is 15.8. The van der Waals surface area contributed by atoms with Crippen molar-refractivity contribution in [3.8, 4) is 0 Å². The molecule has 43 heavy (non-hydrogen) atoms. The van der Waals surface area contributed by atoms with Crippen LogP contribution in [0.5, 0.6) is 0 Å². The normalized spacial score (nSPS) is 15.3. The molecular weight excluding hydrogens is 570 g/mol. The number of primary sulfonamides is 1. The van der Waals surface area contributed by atoms with Gasteiger partial charge in [0.05, 0.1) is 11.4 Å². The van der Waals surface area contributed by atoms with E-state index in [1.807, 2.05) is 41.8 Å². The Morgan fingerprint density at radius 2 is 1.79 bits per heavy atom. The first-order valence-corrected chi connectivity index (χ1v) is 15.9. The van der Waals surface area contributed by atoms with Crippen LogP contribution in [0.15, 0.2) is 89.4 Å². The number of imidazole rings is 1. The van der Waals surface area contributed by atoms with Gasteiger partial charge < -0.3 is 9.47 Å². The molecule has 10 heteroatoms. The number of nitrogens with two attached hydrogens (primary N) is 1. The Hall–Kier alpha value is -3.89. The van der Waals surface area contributed by atoms with Gasteiger partial charge in [-0.2, -0.15) is 0 Å². The molecule has 228 valence electrons. The lowest BCUT2D eigenvalue weighted by atomic mass is 9.88. The molecule has 0 radical (unpaired) electrons. The Bertz CT molecular complexity index is 1660. The number of fused-ring (bicyclic) bond motifs is 1. The fourth-order valence-corrected chi connectivity index (χ4v) is 5.87. The Kier molecular flexibility index (Phi) is 10.5. The molecule has 7 nitrogen and oxygen atoms in total. The van der Waals surface area contributed by atoms with Crippen LogP contribution >= 0.6 is 0 Å². The lowest BCUT2D eigenvalue weighted by Gasteiger charge is -2.28. The maximum Gasteiger partial charge on any atom is 0.238 e. The number of anilines is 1. The molecule has 2 aliphatic rings. The lowest BCUT2D eigenvalue weighted by Crippen LogP contribution is -2.33. The van der Waals surface area contributed by atoms with Crippen molar-refractivity contribution in [2.24, 2.45) is 18.1 Å². The van der Waals surface area contributed by atoms with E-state index in [9.17, 15) is 22.0 Å². The van der Waals surface area contributed by atoms with Crippen LogP contribution in [-0.4, -0.2) is 23.9 Å². The minimum Gasteiger partial charge on any atom is -0.337 e.